The van der Waals surface area contributed by atoms with Gasteiger partial charge in [0.05, 0.1) is 22.9 Å². The summed E-state index contributed by atoms with van der Waals surface area (Å²) in [5.74, 6) is 2.53. The SMILES string of the molecule is C#CCN1C(=O)CSc2ccc(S(=O)(=O)Cl)cc21. The highest BCUT2D eigenvalue weighted by Crippen LogP contribution is 2.37. The Morgan fingerprint density at radius 1 is 1.50 bits per heavy atom. The van der Waals surface area contributed by atoms with Gasteiger partial charge in [0.2, 0.25) is 5.91 Å². The Morgan fingerprint density at radius 3 is 2.83 bits per heavy atom. The van der Waals surface area contributed by atoms with Crippen LogP contribution < -0.4 is 4.90 Å². The monoisotopic (exact) mass is 301 g/mol. The number of carbonyl (C=O) groups is 1. The molecule has 0 bridgehead atoms. The fourth-order valence-electron chi connectivity index (χ4n) is 1.60. The lowest BCUT2D eigenvalue weighted by atomic mass is 10.2. The topological polar surface area (TPSA) is 54.5 Å². The fourth-order valence-corrected chi connectivity index (χ4v) is 3.29. The van der Waals surface area contributed by atoms with Crippen LogP contribution in [0, 0.1) is 12.3 Å². The summed E-state index contributed by atoms with van der Waals surface area (Å²) >= 11 is 1.35. The third-order valence-corrected chi connectivity index (χ3v) is 4.80. The first-order valence-corrected chi connectivity index (χ1v) is 8.18. The molecule has 94 valence electrons. The quantitative estimate of drug-likeness (QED) is 0.616. The van der Waals surface area contributed by atoms with Gasteiger partial charge in [-0.25, -0.2) is 8.42 Å². The van der Waals surface area contributed by atoms with Crippen molar-refractivity contribution in [3.8, 4) is 12.3 Å². The Balaban J connectivity index is 2.56. The van der Waals surface area contributed by atoms with E-state index < -0.39 is 9.05 Å². The van der Waals surface area contributed by atoms with Gasteiger partial charge in [-0.1, -0.05) is 5.92 Å². The van der Waals surface area contributed by atoms with Crippen LogP contribution in [0.3, 0.4) is 0 Å². The molecular weight excluding hydrogens is 294 g/mol. The van der Waals surface area contributed by atoms with Gasteiger partial charge >= 0.3 is 0 Å². The van der Waals surface area contributed by atoms with Crippen LogP contribution >= 0.6 is 22.4 Å². The molecule has 1 aromatic rings. The Hall–Kier alpha value is -1.16. The van der Waals surface area contributed by atoms with Crippen molar-refractivity contribution < 1.29 is 13.2 Å². The molecule has 18 heavy (non-hydrogen) atoms. The van der Waals surface area contributed by atoms with E-state index in [2.05, 4.69) is 5.92 Å². The number of anilines is 1. The van der Waals surface area contributed by atoms with Crippen LogP contribution in [0.5, 0.6) is 0 Å². The summed E-state index contributed by atoms with van der Waals surface area (Å²) in [5, 5.41) is 0. The van der Waals surface area contributed by atoms with Crippen LogP contribution in [0.4, 0.5) is 5.69 Å². The van der Waals surface area contributed by atoms with E-state index in [-0.39, 0.29) is 17.3 Å². The van der Waals surface area contributed by atoms with Gasteiger partial charge in [0.25, 0.3) is 9.05 Å². The van der Waals surface area contributed by atoms with Crippen molar-refractivity contribution in [1.29, 1.82) is 0 Å². The molecule has 1 amide bonds. The highest BCUT2D eigenvalue weighted by Gasteiger charge is 2.25. The van der Waals surface area contributed by atoms with Gasteiger partial charge in [-0.2, -0.15) is 0 Å². The zero-order valence-electron chi connectivity index (χ0n) is 9.09. The third-order valence-electron chi connectivity index (χ3n) is 2.40. The molecule has 0 fully saturated rings. The third kappa shape index (κ3) is 2.48. The van der Waals surface area contributed by atoms with Crippen molar-refractivity contribution in [2.45, 2.75) is 9.79 Å². The maximum atomic E-state index is 11.7. The maximum absolute atomic E-state index is 11.7. The summed E-state index contributed by atoms with van der Waals surface area (Å²) < 4.78 is 22.6. The number of halogens is 1. The maximum Gasteiger partial charge on any atom is 0.261 e. The van der Waals surface area contributed by atoms with Gasteiger partial charge in [0, 0.05) is 15.6 Å². The number of terminal acetylenes is 1. The zero-order chi connectivity index (χ0) is 13.3. The van der Waals surface area contributed by atoms with Crippen LogP contribution in [0.2, 0.25) is 0 Å². The van der Waals surface area contributed by atoms with E-state index in [1.165, 1.54) is 28.8 Å². The second-order valence-corrected chi connectivity index (χ2v) is 7.12. The van der Waals surface area contributed by atoms with Crippen molar-refractivity contribution in [3.63, 3.8) is 0 Å². The number of hydrogen-bond acceptors (Lipinski definition) is 4. The highest BCUT2D eigenvalue weighted by atomic mass is 35.7. The van der Waals surface area contributed by atoms with Crippen LogP contribution in [-0.2, 0) is 13.8 Å². The smallest absolute Gasteiger partial charge is 0.261 e. The first-order valence-electron chi connectivity index (χ1n) is 4.89. The van der Waals surface area contributed by atoms with Gasteiger partial charge in [-0.05, 0) is 18.2 Å². The fraction of sp³-hybridized carbons (Fsp3) is 0.182. The molecule has 0 N–H and O–H groups in total. The summed E-state index contributed by atoms with van der Waals surface area (Å²) in [7, 11) is 1.47. The molecule has 7 heteroatoms. The molecule has 0 unspecified atom stereocenters. The van der Waals surface area contributed by atoms with E-state index in [0.29, 0.717) is 11.4 Å². The van der Waals surface area contributed by atoms with Crippen LogP contribution in [0.1, 0.15) is 0 Å². The summed E-state index contributed by atoms with van der Waals surface area (Å²) in [6, 6.07) is 4.42. The highest BCUT2D eigenvalue weighted by molar-refractivity contribution is 8.13. The van der Waals surface area contributed by atoms with Crippen LogP contribution in [0.25, 0.3) is 0 Å². The molecule has 0 spiro atoms. The van der Waals surface area contributed by atoms with E-state index in [4.69, 9.17) is 17.1 Å². The van der Waals surface area contributed by atoms with E-state index in [0.717, 1.165) is 4.90 Å². The lowest BCUT2D eigenvalue weighted by Gasteiger charge is -2.27. The average Bonchev–Trinajstić information content (AvgIpc) is 2.31. The molecule has 2 rings (SSSR count). The summed E-state index contributed by atoms with van der Waals surface area (Å²) in [5.41, 5.74) is 0.496. The summed E-state index contributed by atoms with van der Waals surface area (Å²) in [6.45, 7) is 0.109. The summed E-state index contributed by atoms with van der Waals surface area (Å²) in [4.78, 5) is 13.9. The molecule has 0 radical (unpaired) electrons. The predicted octanol–water partition coefficient (Wildman–Crippen LogP) is 1.69. The minimum atomic E-state index is -3.82. The Bertz CT molecular complexity index is 649. The van der Waals surface area contributed by atoms with Gasteiger partial charge < -0.3 is 0 Å². The zero-order valence-corrected chi connectivity index (χ0v) is 11.5. The normalized spacial score (nSPS) is 15.1. The molecule has 0 atom stereocenters. The van der Waals surface area contributed by atoms with Crippen molar-refractivity contribution in [1.82, 2.24) is 0 Å². The summed E-state index contributed by atoms with van der Waals surface area (Å²) in [6.07, 6.45) is 5.21. The van der Waals surface area contributed by atoms with Gasteiger partial charge in [-0.15, -0.1) is 18.2 Å². The lowest BCUT2D eigenvalue weighted by Crippen LogP contribution is -2.35. The molecule has 4 nitrogen and oxygen atoms in total. The molecule has 0 aliphatic carbocycles. The van der Waals surface area contributed by atoms with Crippen molar-refractivity contribution in [2.24, 2.45) is 0 Å². The molecule has 1 heterocycles. The molecule has 1 aliphatic rings. The molecule has 1 aliphatic heterocycles. The Kier molecular flexibility index (Phi) is 3.57. The van der Waals surface area contributed by atoms with Crippen molar-refractivity contribution in [3.05, 3.63) is 18.2 Å². The number of benzene rings is 1. The number of carbonyl (C=O) groups excluding carboxylic acids is 1. The average molecular weight is 302 g/mol. The Labute approximate surface area is 114 Å². The van der Waals surface area contributed by atoms with E-state index >= 15 is 0 Å². The van der Waals surface area contributed by atoms with E-state index in [1.54, 1.807) is 6.07 Å². The number of rotatable bonds is 2. The predicted molar refractivity (Wildman–Crippen MR) is 71.4 cm³/mol. The van der Waals surface area contributed by atoms with Crippen LogP contribution in [0.15, 0.2) is 28.0 Å². The molecule has 0 saturated heterocycles. The van der Waals surface area contributed by atoms with Gasteiger partial charge in [0.15, 0.2) is 0 Å². The van der Waals surface area contributed by atoms with Crippen LogP contribution in [-0.4, -0.2) is 26.6 Å². The molecule has 1 aromatic carbocycles. The van der Waals surface area contributed by atoms with Gasteiger partial charge in [0.1, 0.15) is 0 Å². The van der Waals surface area contributed by atoms with Crippen molar-refractivity contribution in [2.75, 3.05) is 17.2 Å². The lowest BCUT2D eigenvalue weighted by molar-refractivity contribution is -0.116. The Morgan fingerprint density at radius 2 is 2.22 bits per heavy atom. The van der Waals surface area contributed by atoms with E-state index in [9.17, 15) is 13.2 Å². The number of amides is 1. The standard InChI is InChI=1S/C11H8ClNO3S2/c1-2-5-13-9-6-8(18(12,15)16)3-4-10(9)17-7-11(13)14/h1,3-4,6H,5,7H2. The van der Waals surface area contributed by atoms with Gasteiger partial charge in [-0.3, -0.25) is 9.69 Å². The first-order chi connectivity index (χ1) is 8.43. The molecule has 0 aromatic heterocycles. The number of nitrogens with zero attached hydrogens (tertiary/aromatic N) is 1. The minimum Gasteiger partial charge on any atom is -0.299 e. The number of fused-ring (bicyclic) bond motifs is 1. The molecule has 0 saturated carbocycles. The largest absolute Gasteiger partial charge is 0.299 e. The van der Waals surface area contributed by atoms with Crippen molar-refractivity contribution >= 4 is 43.1 Å². The molecular formula is C11H8ClNO3S2. The van der Waals surface area contributed by atoms with E-state index in [1.807, 2.05) is 0 Å². The number of thioether (sulfide) groups is 1. The first kappa shape index (κ1) is 13.3. The number of hydrogen-bond donors (Lipinski definition) is 0. The minimum absolute atomic E-state index is 0.0414. The second kappa shape index (κ2) is 4.84. The second-order valence-electron chi connectivity index (χ2n) is 3.54.